The predicted molar refractivity (Wildman–Crippen MR) is 66.7 cm³/mol. The van der Waals surface area contributed by atoms with E-state index < -0.39 is 0 Å². The van der Waals surface area contributed by atoms with Crippen molar-refractivity contribution in [1.29, 1.82) is 0 Å². The van der Waals surface area contributed by atoms with Gasteiger partial charge in [-0.15, -0.1) is 0 Å². The van der Waals surface area contributed by atoms with Crippen molar-refractivity contribution in [1.82, 2.24) is 15.1 Å². The summed E-state index contributed by atoms with van der Waals surface area (Å²) in [6, 6.07) is 2.10. The van der Waals surface area contributed by atoms with Crippen LogP contribution < -0.4 is 11.1 Å². The Kier molecular flexibility index (Phi) is 3.36. The highest BCUT2D eigenvalue weighted by atomic mass is 16.2. The van der Waals surface area contributed by atoms with Gasteiger partial charge in [-0.25, -0.2) is 0 Å². The number of carbonyl (C=O) groups excluding carboxylic acids is 1. The molecule has 1 heterocycles. The Balaban J connectivity index is 2.12. The Morgan fingerprint density at radius 1 is 1.53 bits per heavy atom. The number of nitrogens with two attached hydrogens (primary N) is 1. The summed E-state index contributed by atoms with van der Waals surface area (Å²) in [6.45, 7) is 3.97. The summed E-state index contributed by atoms with van der Waals surface area (Å²) >= 11 is 0. The van der Waals surface area contributed by atoms with Gasteiger partial charge in [0, 0.05) is 18.2 Å². The van der Waals surface area contributed by atoms with Crippen molar-refractivity contribution < 1.29 is 4.79 Å². The highest BCUT2D eigenvalue weighted by molar-refractivity contribution is 5.93. The Morgan fingerprint density at radius 3 is 2.76 bits per heavy atom. The molecule has 1 amide bonds. The van der Waals surface area contributed by atoms with Gasteiger partial charge >= 0.3 is 0 Å². The quantitative estimate of drug-likeness (QED) is 0.839. The van der Waals surface area contributed by atoms with Crippen molar-refractivity contribution in [2.24, 2.45) is 0 Å². The van der Waals surface area contributed by atoms with Crippen LogP contribution in [0.2, 0.25) is 0 Å². The zero-order chi connectivity index (χ0) is 12.4. The average Bonchev–Trinajstić information content (AvgIpc) is 2.86. The summed E-state index contributed by atoms with van der Waals surface area (Å²) in [5, 5.41) is 7.19. The second kappa shape index (κ2) is 4.77. The van der Waals surface area contributed by atoms with Gasteiger partial charge in [-0.1, -0.05) is 12.8 Å². The van der Waals surface area contributed by atoms with E-state index >= 15 is 0 Å². The van der Waals surface area contributed by atoms with Crippen LogP contribution in [0.15, 0.2) is 6.07 Å². The van der Waals surface area contributed by atoms with Crippen molar-refractivity contribution in [2.75, 3.05) is 5.73 Å². The molecule has 1 aliphatic rings. The van der Waals surface area contributed by atoms with E-state index in [1.165, 1.54) is 12.8 Å². The van der Waals surface area contributed by atoms with E-state index in [0.717, 1.165) is 12.8 Å². The van der Waals surface area contributed by atoms with E-state index in [9.17, 15) is 4.79 Å². The number of anilines is 1. The largest absolute Gasteiger partial charge is 0.382 e. The number of carbonyl (C=O) groups is 1. The third-order valence-electron chi connectivity index (χ3n) is 3.17. The van der Waals surface area contributed by atoms with Crippen molar-refractivity contribution in [3.63, 3.8) is 0 Å². The van der Waals surface area contributed by atoms with Gasteiger partial charge in [-0.2, -0.15) is 5.10 Å². The molecule has 17 heavy (non-hydrogen) atoms. The Labute approximate surface area is 101 Å². The first-order valence-corrected chi connectivity index (χ1v) is 6.24. The minimum absolute atomic E-state index is 0.0604. The number of nitrogens with zero attached hydrogens (tertiary/aromatic N) is 2. The third-order valence-corrected chi connectivity index (χ3v) is 3.17. The van der Waals surface area contributed by atoms with Crippen LogP contribution in [0.3, 0.4) is 0 Å². The van der Waals surface area contributed by atoms with Gasteiger partial charge in [-0.3, -0.25) is 9.48 Å². The van der Waals surface area contributed by atoms with Crippen molar-refractivity contribution in [2.45, 2.75) is 51.6 Å². The van der Waals surface area contributed by atoms with Gasteiger partial charge in [0.1, 0.15) is 11.5 Å². The van der Waals surface area contributed by atoms with Gasteiger partial charge < -0.3 is 11.1 Å². The molecular weight excluding hydrogens is 216 g/mol. The average molecular weight is 236 g/mol. The molecule has 0 radical (unpaired) electrons. The number of aromatic nitrogens is 2. The lowest BCUT2D eigenvalue weighted by Crippen LogP contribution is -2.34. The first kappa shape index (κ1) is 12.0. The lowest BCUT2D eigenvalue weighted by molar-refractivity contribution is 0.0925. The Bertz CT molecular complexity index is 405. The van der Waals surface area contributed by atoms with Crippen LogP contribution in [0.5, 0.6) is 0 Å². The molecule has 0 aliphatic heterocycles. The van der Waals surface area contributed by atoms with E-state index in [1.54, 1.807) is 10.7 Å². The number of hydrogen-bond acceptors (Lipinski definition) is 3. The molecule has 1 aromatic heterocycles. The first-order valence-electron chi connectivity index (χ1n) is 6.24. The minimum Gasteiger partial charge on any atom is -0.382 e. The standard InChI is InChI=1S/C12H20N4O/c1-8(2)16-10(7-11(13)15-16)12(17)14-9-5-3-4-6-9/h7-9H,3-6H2,1-2H3,(H2,13,15)(H,14,17). The predicted octanol–water partition coefficient (Wildman–Crippen LogP) is 1.72. The van der Waals surface area contributed by atoms with E-state index in [1.807, 2.05) is 13.8 Å². The molecule has 1 aromatic rings. The van der Waals surface area contributed by atoms with Crippen molar-refractivity contribution in [3.8, 4) is 0 Å². The highest BCUT2D eigenvalue weighted by Gasteiger charge is 2.21. The molecule has 1 fully saturated rings. The van der Waals surface area contributed by atoms with E-state index in [0.29, 0.717) is 17.6 Å². The van der Waals surface area contributed by atoms with Gasteiger partial charge in [0.15, 0.2) is 0 Å². The molecule has 0 aromatic carbocycles. The fraction of sp³-hybridized carbons (Fsp3) is 0.667. The van der Waals surface area contributed by atoms with Crippen LogP contribution in [0.4, 0.5) is 5.82 Å². The van der Waals surface area contributed by atoms with Crippen LogP contribution in [0.1, 0.15) is 56.1 Å². The molecule has 2 rings (SSSR count). The maximum Gasteiger partial charge on any atom is 0.269 e. The molecule has 0 bridgehead atoms. The molecule has 0 unspecified atom stereocenters. The zero-order valence-electron chi connectivity index (χ0n) is 10.4. The molecule has 0 saturated heterocycles. The zero-order valence-corrected chi connectivity index (χ0v) is 10.4. The molecule has 0 atom stereocenters. The molecule has 0 spiro atoms. The lowest BCUT2D eigenvalue weighted by atomic mass is 10.2. The van der Waals surface area contributed by atoms with Crippen LogP contribution in [-0.2, 0) is 0 Å². The maximum absolute atomic E-state index is 12.1. The first-order chi connectivity index (χ1) is 8.08. The van der Waals surface area contributed by atoms with Gasteiger partial charge in [0.2, 0.25) is 0 Å². The van der Waals surface area contributed by atoms with Crippen molar-refractivity contribution in [3.05, 3.63) is 11.8 Å². The second-order valence-electron chi connectivity index (χ2n) is 4.95. The second-order valence-corrected chi connectivity index (χ2v) is 4.95. The summed E-state index contributed by atoms with van der Waals surface area (Å²) in [4.78, 5) is 12.1. The molecule has 5 nitrogen and oxygen atoms in total. The lowest BCUT2D eigenvalue weighted by Gasteiger charge is -2.14. The summed E-state index contributed by atoms with van der Waals surface area (Å²) in [5.41, 5.74) is 6.21. The summed E-state index contributed by atoms with van der Waals surface area (Å²) < 4.78 is 1.68. The van der Waals surface area contributed by atoms with E-state index in [2.05, 4.69) is 10.4 Å². The molecule has 5 heteroatoms. The van der Waals surface area contributed by atoms with Gasteiger partial charge in [0.25, 0.3) is 5.91 Å². The van der Waals surface area contributed by atoms with E-state index in [4.69, 9.17) is 5.73 Å². The Hall–Kier alpha value is -1.52. The summed E-state index contributed by atoms with van der Waals surface area (Å²) in [6.07, 6.45) is 4.57. The molecule has 1 saturated carbocycles. The summed E-state index contributed by atoms with van der Waals surface area (Å²) in [7, 11) is 0. The van der Waals surface area contributed by atoms with E-state index in [-0.39, 0.29) is 11.9 Å². The van der Waals surface area contributed by atoms with Crippen LogP contribution in [-0.4, -0.2) is 21.7 Å². The fourth-order valence-electron chi connectivity index (χ4n) is 2.31. The van der Waals surface area contributed by atoms with Crippen LogP contribution in [0.25, 0.3) is 0 Å². The number of rotatable bonds is 3. The van der Waals surface area contributed by atoms with Gasteiger partial charge in [-0.05, 0) is 26.7 Å². The SMILES string of the molecule is CC(C)n1nc(N)cc1C(=O)NC1CCCC1. The number of amides is 1. The van der Waals surface area contributed by atoms with Crippen LogP contribution >= 0.6 is 0 Å². The molecule has 3 N–H and O–H groups in total. The monoisotopic (exact) mass is 236 g/mol. The molecular formula is C12H20N4O. The smallest absolute Gasteiger partial charge is 0.269 e. The van der Waals surface area contributed by atoms with Gasteiger partial charge in [0.05, 0.1) is 0 Å². The van der Waals surface area contributed by atoms with Crippen molar-refractivity contribution >= 4 is 11.7 Å². The molecule has 1 aliphatic carbocycles. The van der Waals surface area contributed by atoms with Crippen LogP contribution in [0, 0.1) is 0 Å². The number of nitrogen functional groups attached to an aromatic ring is 1. The topological polar surface area (TPSA) is 72.9 Å². The number of nitrogens with one attached hydrogen (secondary N) is 1. The minimum atomic E-state index is -0.0604. The third kappa shape index (κ3) is 2.60. The maximum atomic E-state index is 12.1. The summed E-state index contributed by atoms with van der Waals surface area (Å²) in [5.74, 6) is 0.338. The normalized spacial score (nSPS) is 16.6. The Morgan fingerprint density at radius 2 is 2.18 bits per heavy atom. The molecule has 94 valence electrons. The fourth-order valence-corrected chi connectivity index (χ4v) is 2.31. The number of hydrogen-bond donors (Lipinski definition) is 2. The highest BCUT2D eigenvalue weighted by Crippen LogP contribution is 2.19.